The van der Waals surface area contributed by atoms with E-state index in [1.807, 2.05) is 24.3 Å². The molecular formula is C27H26N2O6. The lowest BCUT2D eigenvalue weighted by Gasteiger charge is -2.17. The number of nitrogens with one attached hydrogen (secondary N) is 2. The molecule has 0 radical (unpaired) electrons. The van der Waals surface area contributed by atoms with Gasteiger partial charge in [0.2, 0.25) is 5.91 Å². The first-order valence-electron chi connectivity index (χ1n) is 11.2. The normalized spacial score (nSPS) is 13.8. The number of amides is 2. The molecule has 2 unspecified atom stereocenters. The van der Waals surface area contributed by atoms with E-state index in [0.717, 1.165) is 22.3 Å². The zero-order valence-electron chi connectivity index (χ0n) is 19.1. The first-order chi connectivity index (χ1) is 16.9. The number of benzene rings is 3. The third kappa shape index (κ3) is 5.17. The van der Waals surface area contributed by atoms with E-state index in [0.29, 0.717) is 11.3 Å². The molecular weight excluding hydrogens is 448 g/mol. The van der Waals surface area contributed by atoms with Crippen molar-refractivity contribution in [1.29, 1.82) is 0 Å². The van der Waals surface area contributed by atoms with Gasteiger partial charge in [0.25, 0.3) is 0 Å². The van der Waals surface area contributed by atoms with E-state index in [4.69, 9.17) is 14.9 Å². The van der Waals surface area contributed by atoms with Crippen molar-refractivity contribution in [2.24, 2.45) is 0 Å². The van der Waals surface area contributed by atoms with Crippen molar-refractivity contribution in [2.45, 2.75) is 24.8 Å². The molecule has 8 heteroatoms. The lowest BCUT2D eigenvalue weighted by molar-refractivity contribution is -0.143. The highest BCUT2D eigenvalue weighted by atomic mass is 16.5. The van der Waals surface area contributed by atoms with E-state index in [9.17, 15) is 14.4 Å². The number of aliphatic carboxylic acids is 1. The molecule has 3 aromatic rings. The summed E-state index contributed by atoms with van der Waals surface area (Å²) in [7, 11) is 0. The summed E-state index contributed by atoms with van der Waals surface area (Å²) in [5.41, 5.74) is 5.69. The van der Waals surface area contributed by atoms with Gasteiger partial charge in [0, 0.05) is 11.6 Å². The Morgan fingerprint density at radius 2 is 1.49 bits per heavy atom. The lowest BCUT2D eigenvalue weighted by atomic mass is 9.98. The Bertz CT molecular complexity index is 1190. The number of fused-ring (bicyclic) bond motifs is 3. The molecule has 2 amide bonds. The second kappa shape index (κ2) is 10.4. The molecule has 0 spiro atoms. The fourth-order valence-electron chi connectivity index (χ4n) is 4.24. The average Bonchev–Trinajstić information content (AvgIpc) is 3.19. The van der Waals surface area contributed by atoms with E-state index >= 15 is 0 Å². The summed E-state index contributed by atoms with van der Waals surface area (Å²) in [6.07, 6.45) is -0.586. The van der Waals surface area contributed by atoms with Gasteiger partial charge in [0.1, 0.15) is 12.6 Å². The highest BCUT2D eigenvalue weighted by molar-refractivity contribution is 5.88. The highest BCUT2D eigenvalue weighted by Crippen LogP contribution is 2.44. The van der Waals surface area contributed by atoms with Crippen LogP contribution in [0, 0.1) is 0 Å². The Kier molecular flexibility index (Phi) is 7.12. The molecule has 1 aliphatic carbocycles. The van der Waals surface area contributed by atoms with E-state index in [2.05, 4.69) is 34.9 Å². The van der Waals surface area contributed by atoms with Crippen LogP contribution in [0.2, 0.25) is 0 Å². The van der Waals surface area contributed by atoms with Gasteiger partial charge >= 0.3 is 12.1 Å². The number of ether oxygens (including phenoxy) is 1. The van der Waals surface area contributed by atoms with Crippen LogP contribution >= 0.6 is 0 Å². The largest absolute Gasteiger partial charge is 0.480 e. The number of anilines is 1. The van der Waals surface area contributed by atoms with Crippen molar-refractivity contribution < 1.29 is 29.3 Å². The van der Waals surface area contributed by atoms with Crippen molar-refractivity contribution in [3.63, 3.8) is 0 Å². The number of aliphatic hydroxyl groups is 1. The molecule has 0 aromatic heterocycles. The molecule has 0 fully saturated rings. The van der Waals surface area contributed by atoms with Gasteiger partial charge in [-0.25, -0.2) is 9.59 Å². The molecule has 0 heterocycles. The standard InChI is InChI=1S/C27H26N2O6/c1-16(25(31)29-24(14-30)26(32)33)17-10-12-18(13-11-17)28-27(34)35-15-23-21-8-4-2-6-19(21)20-7-3-5-9-22(20)23/h2-13,16,23-24,30H,14-15H2,1H3,(H,28,34)(H,29,31)(H,32,33). The molecule has 0 saturated heterocycles. The van der Waals surface area contributed by atoms with Crippen molar-refractivity contribution in [3.8, 4) is 11.1 Å². The number of carboxylic acid groups (broad SMARTS) is 1. The van der Waals surface area contributed by atoms with E-state index in [1.54, 1.807) is 31.2 Å². The smallest absolute Gasteiger partial charge is 0.411 e. The Balaban J connectivity index is 1.35. The number of rotatable bonds is 8. The second-order valence-corrected chi connectivity index (χ2v) is 8.38. The van der Waals surface area contributed by atoms with Crippen LogP contribution in [-0.4, -0.2) is 47.4 Å². The zero-order valence-corrected chi connectivity index (χ0v) is 19.1. The molecule has 0 bridgehead atoms. The molecule has 180 valence electrons. The van der Waals surface area contributed by atoms with Gasteiger partial charge in [0.15, 0.2) is 0 Å². The van der Waals surface area contributed by atoms with Crippen molar-refractivity contribution in [3.05, 3.63) is 89.5 Å². The summed E-state index contributed by atoms with van der Waals surface area (Å²) in [5, 5.41) is 23.0. The predicted molar refractivity (Wildman–Crippen MR) is 130 cm³/mol. The second-order valence-electron chi connectivity index (χ2n) is 8.38. The quantitative estimate of drug-likeness (QED) is 0.394. The molecule has 4 N–H and O–H groups in total. The molecule has 1 aliphatic rings. The van der Waals surface area contributed by atoms with Crippen LogP contribution in [0.25, 0.3) is 11.1 Å². The zero-order chi connectivity index (χ0) is 24.9. The monoisotopic (exact) mass is 474 g/mol. The van der Waals surface area contributed by atoms with Gasteiger partial charge in [-0.2, -0.15) is 0 Å². The Morgan fingerprint density at radius 1 is 0.914 bits per heavy atom. The maximum absolute atomic E-state index is 12.5. The van der Waals surface area contributed by atoms with Gasteiger partial charge in [-0.1, -0.05) is 60.7 Å². The molecule has 4 rings (SSSR count). The molecule has 0 aliphatic heterocycles. The number of carboxylic acids is 1. The summed E-state index contributed by atoms with van der Waals surface area (Å²) in [4.78, 5) is 35.8. The SMILES string of the molecule is CC(C(=O)NC(CO)C(=O)O)c1ccc(NC(=O)OCC2c3ccccc3-c3ccccc32)cc1. The molecule has 0 saturated carbocycles. The predicted octanol–water partition coefficient (Wildman–Crippen LogP) is 3.71. The van der Waals surface area contributed by atoms with E-state index < -0.39 is 36.5 Å². The minimum atomic E-state index is -1.36. The average molecular weight is 475 g/mol. The topological polar surface area (TPSA) is 125 Å². The first-order valence-corrected chi connectivity index (χ1v) is 11.2. The van der Waals surface area contributed by atoms with Gasteiger partial charge in [0.05, 0.1) is 12.5 Å². The summed E-state index contributed by atoms with van der Waals surface area (Å²) in [6.45, 7) is 1.13. The summed E-state index contributed by atoms with van der Waals surface area (Å²) in [5.74, 6) is -2.52. The van der Waals surface area contributed by atoms with Crippen molar-refractivity contribution >= 4 is 23.7 Å². The van der Waals surface area contributed by atoms with E-state index in [1.165, 1.54) is 0 Å². The van der Waals surface area contributed by atoms with Gasteiger partial charge in [-0.15, -0.1) is 0 Å². The number of carbonyl (C=O) groups excluding carboxylic acids is 2. The van der Waals surface area contributed by atoms with Crippen molar-refractivity contribution in [2.75, 3.05) is 18.5 Å². The maximum atomic E-state index is 12.5. The minimum absolute atomic E-state index is 0.0385. The Hall–Kier alpha value is -4.17. The third-order valence-electron chi connectivity index (χ3n) is 6.19. The summed E-state index contributed by atoms with van der Waals surface area (Å²) in [6, 6.07) is 21.4. The fourth-order valence-corrected chi connectivity index (χ4v) is 4.24. The van der Waals surface area contributed by atoms with Gasteiger partial charge in [-0.3, -0.25) is 10.1 Å². The first kappa shape index (κ1) is 24.0. The molecule has 3 aromatic carbocycles. The van der Waals surface area contributed by atoms with Crippen LogP contribution in [0.15, 0.2) is 72.8 Å². The summed E-state index contributed by atoms with van der Waals surface area (Å²) < 4.78 is 5.54. The third-order valence-corrected chi connectivity index (χ3v) is 6.19. The van der Waals surface area contributed by atoms with Crippen LogP contribution in [-0.2, 0) is 14.3 Å². The number of carbonyl (C=O) groups is 3. The molecule has 8 nitrogen and oxygen atoms in total. The molecule has 35 heavy (non-hydrogen) atoms. The lowest BCUT2D eigenvalue weighted by Crippen LogP contribution is -2.44. The fraction of sp³-hybridized carbons (Fsp3) is 0.222. The van der Waals surface area contributed by atoms with Crippen LogP contribution < -0.4 is 10.6 Å². The minimum Gasteiger partial charge on any atom is -0.480 e. The van der Waals surface area contributed by atoms with Crippen LogP contribution in [0.3, 0.4) is 0 Å². The van der Waals surface area contributed by atoms with Crippen LogP contribution in [0.1, 0.15) is 35.4 Å². The number of aliphatic hydroxyl groups excluding tert-OH is 1. The number of hydrogen-bond acceptors (Lipinski definition) is 5. The van der Waals surface area contributed by atoms with Gasteiger partial charge < -0.3 is 20.3 Å². The van der Waals surface area contributed by atoms with E-state index in [-0.39, 0.29) is 12.5 Å². The number of hydrogen-bond donors (Lipinski definition) is 4. The summed E-state index contributed by atoms with van der Waals surface area (Å²) >= 11 is 0. The Morgan fingerprint density at radius 3 is 2.03 bits per heavy atom. The highest BCUT2D eigenvalue weighted by Gasteiger charge is 2.29. The van der Waals surface area contributed by atoms with Gasteiger partial charge in [-0.05, 0) is 46.9 Å². The van der Waals surface area contributed by atoms with Crippen LogP contribution in [0.4, 0.5) is 10.5 Å². The maximum Gasteiger partial charge on any atom is 0.411 e. The molecule has 2 atom stereocenters. The van der Waals surface area contributed by atoms with Crippen molar-refractivity contribution in [1.82, 2.24) is 5.32 Å². The van der Waals surface area contributed by atoms with Crippen LogP contribution in [0.5, 0.6) is 0 Å². The Labute approximate surface area is 202 Å².